The number of esters is 1. The number of carbonyl (C=O) groups excluding carboxylic acids is 1. The van der Waals surface area contributed by atoms with Crippen LogP contribution in [-0.2, 0) is 14.8 Å². The molecule has 6 nitrogen and oxygen atoms in total. The third kappa shape index (κ3) is 2.81. The second-order valence-electron chi connectivity index (χ2n) is 5.14. The normalized spacial score (nSPS) is 11.4. The molecule has 0 radical (unpaired) electrons. The van der Waals surface area contributed by atoms with Crippen molar-refractivity contribution < 1.29 is 17.9 Å². The van der Waals surface area contributed by atoms with Crippen LogP contribution in [0.1, 0.15) is 5.56 Å². The topological polar surface area (TPSA) is 78.3 Å². The summed E-state index contributed by atoms with van der Waals surface area (Å²) in [4.78, 5) is 15.5. The summed E-state index contributed by atoms with van der Waals surface area (Å²) in [6, 6.07) is 9.79. The van der Waals surface area contributed by atoms with Gasteiger partial charge in [-0.3, -0.25) is 0 Å². The molecule has 0 N–H and O–H groups in total. The van der Waals surface area contributed by atoms with Crippen molar-refractivity contribution in [3.63, 3.8) is 0 Å². The molecule has 0 unspecified atom stereocenters. The fourth-order valence-corrected chi connectivity index (χ4v) is 3.69. The molecule has 0 fully saturated rings. The Balaban J connectivity index is 2.07. The lowest BCUT2D eigenvalue weighted by Gasteiger charge is -2.08. The molecule has 3 rings (SSSR count). The average molecular weight is 342 g/mol. The van der Waals surface area contributed by atoms with E-state index in [0.29, 0.717) is 5.39 Å². The number of hydrogen-bond donors (Lipinski definition) is 0. The molecule has 0 spiro atoms. The minimum absolute atomic E-state index is 0.184. The predicted octanol–water partition coefficient (Wildman–Crippen LogP) is 2.67. The summed E-state index contributed by atoms with van der Waals surface area (Å²) in [5, 5.41) is 0.542. The van der Waals surface area contributed by atoms with E-state index in [1.165, 1.54) is 18.5 Å². The van der Waals surface area contributed by atoms with Crippen molar-refractivity contribution in [3.05, 3.63) is 67.0 Å². The molecule has 1 aromatic carbocycles. The molecule has 0 aliphatic carbocycles. The number of pyridine rings is 1. The van der Waals surface area contributed by atoms with E-state index in [0.717, 1.165) is 15.6 Å². The molecular formula is C17H14N2O4S. The Bertz CT molecular complexity index is 1050. The Morgan fingerprint density at radius 1 is 1.29 bits per heavy atom. The summed E-state index contributed by atoms with van der Waals surface area (Å²) in [6.45, 7) is 5.14. The number of fused-ring (bicyclic) bond motifs is 1. The van der Waals surface area contributed by atoms with E-state index >= 15 is 0 Å². The molecule has 0 aliphatic rings. The van der Waals surface area contributed by atoms with Crippen LogP contribution < -0.4 is 4.74 Å². The van der Waals surface area contributed by atoms with Gasteiger partial charge < -0.3 is 4.74 Å². The van der Waals surface area contributed by atoms with E-state index in [1.807, 2.05) is 13.0 Å². The maximum absolute atomic E-state index is 12.8. The lowest BCUT2D eigenvalue weighted by atomic mass is 10.2. The van der Waals surface area contributed by atoms with E-state index < -0.39 is 16.0 Å². The second kappa shape index (κ2) is 5.93. The zero-order valence-corrected chi connectivity index (χ0v) is 13.7. The smallest absolute Gasteiger partial charge is 0.335 e. The zero-order chi connectivity index (χ0) is 17.3. The second-order valence-corrected chi connectivity index (χ2v) is 6.96. The number of aromatic nitrogens is 2. The lowest BCUT2D eigenvalue weighted by Crippen LogP contribution is -2.12. The summed E-state index contributed by atoms with van der Waals surface area (Å²) in [6.07, 6.45) is 3.76. The van der Waals surface area contributed by atoms with Crippen LogP contribution in [0.25, 0.3) is 11.0 Å². The highest BCUT2D eigenvalue weighted by molar-refractivity contribution is 7.90. The standard InChI is InChI=1S/C17H14N2O4S/c1-3-16(20)23-14-10-13-7-8-19(17(13)18-11-14)24(21,22)15-6-4-5-12(2)9-15/h3-11H,1H2,2H3. The first kappa shape index (κ1) is 15.9. The third-order valence-electron chi connectivity index (χ3n) is 3.40. The van der Waals surface area contributed by atoms with Crippen LogP contribution in [0.5, 0.6) is 5.75 Å². The van der Waals surface area contributed by atoms with Crippen LogP contribution >= 0.6 is 0 Å². The monoisotopic (exact) mass is 342 g/mol. The Labute approximate surface area is 139 Å². The number of benzene rings is 1. The molecular weight excluding hydrogens is 328 g/mol. The van der Waals surface area contributed by atoms with E-state index in [9.17, 15) is 13.2 Å². The third-order valence-corrected chi connectivity index (χ3v) is 5.06. The summed E-state index contributed by atoms with van der Waals surface area (Å²) < 4.78 is 31.7. The van der Waals surface area contributed by atoms with Crippen molar-refractivity contribution in [3.8, 4) is 5.75 Å². The van der Waals surface area contributed by atoms with Crippen LogP contribution in [0.3, 0.4) is 0 Å². The first-order valence-corrected chi connectivity index (χ1v) is 8.49. The van der Waals surface area contributed by atoms with E-state index in [4.69, 9.17) is 4.74 Å². The minimum Gasteiger partial charge on any atom is -0.422 e. The largest absolute Gasteiger partial charge is 0.422 e. The molecule has 24 heavy (non-hydrogen) atoms. The molecule has 0 bridgehead atoms. The molecule has 7 heteroatoms. The first-order chi connectivity index (χ1) is 11.4. The van der Waals surface area contributed by atoms with Gasteiger partial charge in [-0.15, -0.1) is 0 Å². The summed E-state index contributed by atoms with van der Waals surface area (Å²) in [5.74, 6) is -0.388. The molecule has 2 aromatic heterocycles. The molecule has 0 atom stereocenters. The Hall–Kier alpha value is -2.93. The van der Waals surface area contributed by atoms with Crippen LogP contribution in [0, 0.1) is 6.92 Å². The maximum Gasteiger partial charge on any atom is 0.335 e. The molecule has 0 aliphatic heterocycles. The lowest BCUT2D eigenvalue weighted by molar-refractivity contribution is -0.128. The van der Waals surface area contributed by atoms with Gasteiger partial charge in [-0.25, -0.2) is 22.2 Å². The van der Waals surface area contributed by atoms with Crippen molar-refractivity contribution >= 4 is 27.0 Å². The SMILES string of the molecule is C=CC(=O)Oc1cnc2c(ccn2S(=O)(=O)c2cccc(C)c2)c1. The summed E-state index contributed by atoms with van der Waals surface area (Å²) >= 11 is 0. The van der Waals surface area contributed by atoms with E-state index in [1.54, 1.807) is 24.3 Å². The molecule has 0 amide bonds. The molecule has 122 valence electrons. The van der Waals surface area contributed by atoms with Gasteiger partial charge in [-0.1, -0.05) is 18.7 Å². The van der Waals surface area contributed by atoms with Gasteiger partial charge in [0.1, 0.15) is 5.75 Å². The van der Waals surface area contributed by atoms with Gasteiger partial charge in [-0.2, -0.15) is 0 Å². The van der Waals surface area contributed by atoms with Gasteiger partial charge in [0, 0.05) is 17.7 Å². The number of carbonyl (C=O) groups is 1. The van der Waals surface area contributed by atoms with Crippen molar-refractivity contribution in [2.75, 3.05) is 0 Å². The number of ether oxygens (including phenoxy) is 1. The highest BCUT2D eigenvalue weighted by atomic mass is 32.2. The minimum atomic E-state index is -3.76. The zero-order valence-electron chi connectivity index (χ0n) is 12.8. The van der Waals surface area contributed by atoms with E-state index in [-0.39, 0.29) is 16.3 Å². The molecule has 3 aromatic rings. The van der Waals surface area contributed by atoms with Crippen LogP contribution in [-0.4, -0.2) is 23.3 Å². The molecule has 0 saturated heterocycles. The number of nitrogens with zero attached hydrogens (tertiary/aromatic N) is 2. The van der Waals surface area contributed by atoms with Crippen molar-refractivity contribution in [2.45, 2.75) is 11.8 Å². The van der Waals surface area contributed by atoms with Crippen molar-refractivity contribution in [1.82, 2.24) is 8.96 Å². The van der Waals surface area contributed by atoms with Crippen molar-refractivity contribution in [1.29, 1.82) is 0 Å². The van der Waals surface area contributed by atoms with Gasteiger partial charge in [0.05, 0.1) is 11.1 Å². The first-order valence-electron chi connectivity index (χ1n) is 7.05. The summed E-state index contributed by atoms with van der Waals surface area (Å²) in [7, 11) is -3.76. The Kier molecular flexibility index (Phi) is 3.94. The van der Waals surface area contributed by atoms with Crippen LogP contribution in [0.4, 0.5) is 0 Å². The fourth-order valence-electron chi connectivity index (χ4n) is 2.28. The van der Waals surface area contributed by atoms with Crippen LogP contribution in [0.2, 0.25) is 0 Å². The quantitative estimate of drug-likeness (QED) is 0.538. The molecule has 2 heterocycles. The van der Waals surface area contributed by atoms with Gasteiger partial charge >= 0.3 is 5.97 Å². The maximum atomic E-state index is 12.8. The van der Waals surface area contributed by atoms with Gasteiger partial charge in [0.2, 0.25) is 0 Å². The average Bonchev–Trinajstić information content (AvgIpc) is 2.98. The number of rotatable bonds is 4. The van der Waals surface area contributed by atoms with Crippen LogP contribution in [0.15, 0.2) is 66.3 Å². The predicted molar refractivity (Wildman–Crippen MR) is 89.3 cm³/mol. The van der Waals surface area contributed by atoms with Gasteiger partial charge in [0.15, 0.2) is 5.65 Å². The number of hydrogen-bond acceptors (Lipinski definition) is 5. The highest BCUT2D eigenvalue weighted by Gasteiger charge is 2.20. The van der Waals surface area contributed by atoms with E-state index in [2.05, 4.69) is 11.6 Å². The highest BCUT2D eigenvalue weighted by Crippen LogP contribution is 2.24. The van der Waals surface area contributed by atoms with Gasteiger partial charge in [0.25, 0.3) is 10.0 Å². The number of aryl methyl sites for hydroxylation is 1. The molecule has 0 saturated carbocycles. The summed E-state index contributed by atoms with van der Waals surface area (Å²) in [5.41, 5.74) is 1.11. The fraction of sp³-hybridized carbons (Fsp3) is 0.0588. The Morgan fingerprint density at radius 2 is 2.08 bits per heavy atom. The van der Waals surface area contributed by atoms with Gasteiger partial charge in [-0.05, 0) is 36.8 Å². The Morgan fingerprint density at radius 3 is 2.79 bits per heavy atom. The van der Waals surface area contributed by atoms with Crippen molar-refractivity contribution in [2.24, 2.45) is 0 Å².